The molecule has 136 valence electrons. The predicted molar refractivity (Wildman–Crippen MR) is 102 cm³/mol. The average Bonchev–Trinajstić information content (AvgIpc) is 3.13. The molecule has 8 heteroatoms. The Morgan fingerprint density at radius 3 is 2.58 bits per heavy atom. The number of hydrogen-bond donors (Lipinski definition) is 2. The van der Waals surface area contributed by atoms with Gasteiger partial charge < -0.3 is 24.3 Å². The molecule has 2 aromatic rings. The Labute approximate surface area is 156 Å². The molecule has 0 saturated heterocycles. The smallest absolute Gasteiger partial charge is 0.231 e. The average molecular weight is 373 g/mol. The normalized spacial score (nSPS) is 12.1. The van der Waals surface area contributed by atoms with E-state index in [2.05, 4.69) is 15.8 Å². The van der Waals surface area contributed by atoms with Gasteiger partial charge in [-0.15, -0.1) is 0 Å². The van der Waals surface area contributed by atoms with E-state index in [1.54, 1.807) is 26.5 Å². The van der Waals surface area contributed by atoms with Crippen LogP contribution >= 0.6 is 12.2 Å². The van der Waals surface area contributed by atoms with Gasteiger partial charge in [0.2, 0.25) is 6.79 Å². The topological polar surface area (TPSA) is 73.3 Å². The van der Waals surface area contributed by atoms with E-state index in [1.165, 1.54) is 0 Å². The maximum absolute atomic E-state index is 5.36. The van der Waals surface area contributed by atoms with Crippen LogP contribution in [0.1, 0.15) is 11.1 Å². The van der Waals surface area contributed by atoms with E-state index < -0.39 is 0 Å². The molecule has 26 heavy (non-hydrogen) atoms. The van der Waals surface area contributed by atoms with Crippen LogP contribution in [-0.2, 0) is 6.54 Å². The van der Waals surface area contributed by atoms with Crippen LogP contribution in [0.5, 0.6) is 23.0 Å². The van der Waals surface area contributed by atoms with Crippen molar-refractivity contribution in [3.63, 3.8) is 0 Å². The summed E-state index contributed by atoms with van der Waals surface area (Å²) in [7, 11) is 3.20. The lowest BCUT2D eigenvalue weighted by Gasteiger charge is -2.08. The maximum atomic E-state index is 5.36. The van der Waals surface area contributed by atoms with Crippen molar-refractivity contribution >= 4 is 23.5 Å². The van der Waals surface area contributed by atoms with Crippen molar-refractivity contribution in [2.45, 2.75) is 6.54 Å². The zero-order chi connectivity index (χ0) is 18.4. The van der Waals surface area contributed by atoms with Gasteiger partial charge >= 0.3 is 0 Å². The third-order valence-electron chi connectivity index (χ3n) is 3.64. The van der Waals surface area contributed by atoms with Crippen molar-refractivity contribution in [3.8, 4) is 23.0 Å². The number of fused-ring (bicyclic) bond motifs is 1. The van der Waals surface area contributed by atoms with E-state index in [4.69, 9.17) is 31.2 Å². The summed E-state index contributed by atoms with van der Waals surface area (Å²) in [6, 6.07) is 11.2. The van der Waals surface area contributed by atoms with Crippen molar-refractivity contribution in [3.05, 3.63) is 47.5 Å². The molecule has 0 aromatic heterocycles. The first-order valence-corrected chi connectivity index (χ1v) is 8.27. The van der Waals surface area contributed by atoms with Gasteiger partial charge in [-0.1, -0.05) is 6.07 Å². The van der Waals surface area contributed by atoms with Gasteiger partial charge in [0, 0.05) is 18.2 Å². The minimum atomic E-state index is 0.260. The quantitative estimate of drug-likeness (QED) is 0.458. The number of hydrogen-bond acceptors (Lipinski definition) is 6. The summed E-state index contributed by atoms with van der Waals surface area (Å²) in [6.07, 6.45) is 1.64. The highest BCUT2D eigenvalue weighted by Crippen LogP contribution is 2.32. The summed E-state index contributed by atoms with van der Waals surface area (Å²) in [5, 5.41) is 7.62. The molecule has 3 rings (SSSR count). The number of nitrogens with one attached hydrogen (secondary N) is 2. The number of nitrogens with zero attached hydrogens (tertiary/aromatic N) is 1. The Bertz CT molecular complexity index is 804. The summed E-state index contributed by atoms with van der Waals surface area (Å²) in [5.74, 6) is 2.88. The summed E-state index contributed by atoms with van der Waals surface area (Å²) in [6.45, 7) is 0.806. The molecule has 7 nitrogen and oxygen atoms in total. The SMILES string of the molecule is COc1cc(/C=N\NC(=S)NCc2ccc3c(c2)OCO3)cc(OC)c1. The number of rotatable bonds is 6. The fourth-order valence-corrected chi connectivity index (χ4v) is 2.47. The molecule has 0 radical (unpaired) electrons. The van der Waals surface area contributed by atoms with Gasteiger partial charge in [0.1, 0.15) is 11.5 Å². The van der Waals surface area contributed by atoms with Crippen LogP contribution in [0.15, 0.2) is 41.5 Å². The zero-order valence-corrected chi connectivity index (χ0v) is 15.3. The largest absolute Gasteiger partial charge is 0.497 e. The number of methoxy groups -OCH3 is 2. The Hall–Kier alpha value is -3.00. The van der Waals surface area contributed by atoms with E-state index in [1.807, 2.05) is 30.3 Å². The molecule has 1 heterocycles. The minimum Gasteiger partial charge on any atom is -0.497 e. The summed E-state index contributed by atoms with van der Waals surface area (Å²) >= 11 is 5.22. The Kier molecular flexibility index (Phi) is 5.75. The van der Waals surface area contributed by atoms with E-state index in [-0.39, 0.29) is 6.79 Å². The third-order valence-corrected chi connectivity index (χ3v) is 3.88. The van der Waals surface area contributed by atoms with Gasteiger partial charge in [-0.25, -0.2) is 0 Å². The molecule has 0 aliphatic carbocycles. The summed E-state index contributed by atoms with van der Waals surface area (Å²) < 4.78 is 21.1. The molecule has 1 aliphatic rings. The van der Waals surface area contributed by atoms with Gasteiger partial charge in [-0.3, -0.25) is 5.43 Å². The number of thiocarbonyl (C=S) groups is 1. The lowest BCUT2D eigenvalue weighted by atomic mass is 10.2. The van der Waals surface area contributed by atoms with Crippen LogP contribution in [0.3, 0.4) is 0 Å². The first-order chi connectivity index (χ1) is 12.7. The van der Waals surface area contributed by atoms with Crippen molar-refractivity contribution < 1.29 is 18.9 Å². The fraction of sp³-hybridized carbons (Fsp3) is 0.222. The van der Waals surface area contributed by atoms with Gasteiger partial charge in [0.05, 0.1) is 20.4 Å². The van der Waals surface area contributed by atoms with Gasteiger partial charge in [-0.2, -0.15) is 5.10 Å². The molecule has 2 aromatic carbocycles. The second kappa shape index (κ2) is 8.39. The van der Waals surface area contributed by atoms with Crippen LogP contribution in [0.2, 0.25) is 0 Å². The molecular formula is C18H19N3O4S. The first-order valence-electron chi connectivity index (χ1n) is 7.86. The van der Waals surface area contributed by atoms with Crippen LogP contribution in [0, 0.1) is 0 Å². The Morgan fingerprint density at radius 1 is 1.12 bits per heavy atom. The fourth-order valence-electron chi connectivity index (χ4n) is 2.34. The van der Waals surface area contributed by atoms with Crippen LogP contribution in [-0.4, -0.2) is 32.3 Å². The highest BCUT2D eigenvalue weighted by molar-refractivity contribution is 7.80. The monoisotopic (exact) mass is 373 g/mol. The van der Waals surface area contributed by atoms with Crippen LogP contribution in [0.4, 0.5) is 0 Å². The Balaban J connectivity index is 1.51. The molecule has 0 unspecified atom stereocenters. The summed E-state index contributed by atoms with van der Waals surface area (Å²) in [4.78, 5) is 0. The van der Waals surface area contributed by atoms with Crippen LogP contribution < -0.4 is 29.7 Å². The van der Waals surface area contributed by atoms with E-state index >= 15 is 0 Å². The van der Waals surface area contributed by atoms with Crippen molar-refractivity contribution in [1.82, 2.24) is 10.7 Å². The van der Waals surface area contributed by atoms with Gasteiger partial charge in [0.25, 0.3) is 0 Å². The maximum Gasteiger partial charge on any atom is 0.231 e. The first kappa shape index (κ1) is 17.8. The standard InChI is InChI=1S/C18H19N3O4S/c1-22-14-5-13(6-15(8-14)23-2)10-20-21-18(26)19-9-12-3-4-16-17(7-12)25-11-24-16/h3-8,10H,9,11H2,1-2H3,(H2,19,21,26)/b20-10-. The summed E-state index contributed by atoms with van der Waals surface area (Å²) in [5.41, 5.74) is 4.63. The molecule has 0 atom stereocenters. The molecule has 0 spiro atoms. The molecular weight excluding hydrogens is 354 g/mol. The van der Waals surface area contributed by atoms with Crippen LogP contribution in [0.25, 0.3) is 0 Å². The minimum absolute atomic E-state index is 0.260. The number of hydrazone groups is 1. The molecule has 1 aliphatic heterocycles. The van der Waals surface area contributed by atoms with E-state index in [0.717, 1.165) is 22.6 Å². The van der Waals surface area contributed by atoms with Gasteiger partial charge in [-0.05, 0) is 42.0 Å². The highest BCUT2D eigenvalue weighted by Gasteiger charge is 2.12. The lowest BCUT2D eigenvalue weighted by molar-refractivity contribution is 0.174. The van der Waals surface area contributed by atoms with E-state index in [0.29, 0.717) is 23.2 Å². The second-order valence-corrected chi connectivity index (χ2v) is 5.79. The lowest BCUT2D eigenvalue weighted by Crippen LogP contribution is -2.31. The molecule has 0 fully saturated rings. The van der Waals surface area contributed by atoms with E-state index in [9.17, 15) is 0 Å². The third kappa shape index (κ3) is 4.54. The second-order valence-electron chi connectivity index (χ2n) is 5.39. The van der Waals surface area contributed by atoms with Crippen molar-refractivity contribution in [2.24, 2.45) is 5.10 Å². The number of ether oxygens (including phenoxy) is 4. The van der Waals surface area contributed by atoms with Crippen molar-refractivity contribution in [2.75, 3.05) is 21.0 Å². The molecule has 0 bridgehead atoms. The molecule has 0 saturated carbocycles. The molecule has 2 N–H and O–H groups in total. The highest BCUT2D eigenvalue weighted by atomic mass is 32.1. The predicted octanol–water partition coefficient (Wildman–Crippen LogP) is 2.43. The van der Waals surface area contributed by atoms with Gasteiger partial charge in [0.15, 0.2) is 16.6 Å². The Morgan fingerprint density at radius 2 is 1.85 bits per heavy atom. The number of benzene rings is 2. The van der Waals surface area contributed by atoms with Crippen molar-refractivity contribution in [1.29, 1.82) is 0 Å². The molecule has 0 amide bonds. The zero-order valence-electron chi connectivity index (χ0n) is 14.4.